The molecular formula is C13H11NO5. The molecule has 3 atom stereocenters. The lowest BCUT2D eigenvalue weighted by atomic mass is 10.0. The highest BCUT2D eigenvalue weighted by molar-refractivity contribution is 6.01. The molecule has 0 aromatic heterocycles. The highest BCUT2D eigenvalue weighted by atomic mass is 16.6. The molecule has 1 heterocycles. The molecule has 3 rings (SSSR count). The van der Waals surface area contributed by atoms with E-state index in [1.807, 2.05) is 0 Å². The van der Waals surface area contributed by atoms with E-state index < -0.39 is 24.2 Å². The van der Waals surface area contributed by atoms with Crippen LogP contribution in [0.3, 0.4) is 0 Å². The maximum Gasteiger partial charge on any atom is 0.259 e. The van der Waals surface area contributed by atoms with E-state index in [-0.39, 0.29) is 22.8 Å². The van der Waals surface area contributed by atoms with Crippen LogP contribution in [-0.4, -0.2) is 40.2 Å². The Morgan fingerprint density at radius 2 is 2.05 bits per heavy atom. The number of hydrogen-bond acceptors (Lipinski definition) is 5. The Hall–Kier alpha value is -2.18. The van der Waals surface area contributed by atoms with Crippen molar-refractivity contribution < 1.29 is 24.5 Å². The number of fused-ring (bicyclic) bond motifs is 1. The van der Waals surface area contributed by atoms with Crippen molar-refractivity contribution in [3.8, 4) is 5.75 Å². The molecule has 1 aromatic rings. The summed E-state index contributed by atoms with van der Waals surface area (Å²) in [5.41, 5.74) is 0.166. The number of aliphatic hydroxyl groups is 1. The van der Waals surface area contributed by atoms with Crippen LogP contribution in [0.4, 0.5) is 0 Å². The maximum absolute atomic E-state index is 11.9. The number of phenols is 1. The number of amides is 1. The largest absolute Gasteiger partial charge is 0.507 e. The summed E-state index contributed by atoms with van der Waals surface area (Å²) in [5, 5.41) is 21.8. The Morgan fingerprint density at radius 1 is 1.32 bits per heavy atom. The van der Waals surface area contributed by atoms with Gasteiger partial charge in [-0.15, -0.1) is 0 Å². The monoisotopic (exact) mass is 261 g/mol. The zero-order valence-corrected chi connectivity index (χ0v) is 9.74. The van der Waals surface area contributed by atoms with Crippen molar-refractivity contribution in [1.29, 1.82) is 0 Å². The lowest BCUT2D eigenvalue weighted by Gasteiger charge is -2.17. The topological polar surface area (TPSA) is 99.2 Å². The van der Waals surface area contributed by atoms with Crippen molar-refractivity contribution in [3.63, 3.8) is 0 Å². The van der Waals surface area contributed by atoms with Crippen LogP contribution < -0.4 is 5.32 Å². The first kappa shape index (κ1) is 11.9. The standard InChI is InChI=1S/C13H11NO5/c15-8-4-2-1-3-6(8)13(18)14-7-5-9(16)11-12(19-11)10(7)17/h1-5,10-12,15,17H,(H,14,18)/t10-,11?,12-/m0/s1. The average molecular weight is 261 g/mol. The van der Waals surface area contributed by atoms with Crippen LogP contribution in [0.1, 0.15) is 10.4 Å². The van der Waals surface area contributed by atoms with Crippen molar-refractivity contribution in [2.24, 2.45) is 0 Å². The number of nitrogens with one attached hydrogen (secondary N) is 1. The van der Waals surface area contributed by atoms with E-state index in [4.69, 9.17) is 4.74 Å². The molecular weight excluding hydrogens is 250 g/mol. The second kappa shape index (κ2) is 4.18. The van der Waals surface area contributed by atoms with Gasteiger partial charge in [-0.1, -0.05) is 12.1 Å². The Balaban J connectivity index is 1.80. The number of aliphatic hydroxyl groups excluding tert-OH is 1. The molecule has 2 aliphatic rings. The molecule has 1 fully saturated rings. The van der Waals surface area contributed by atoms with E-state index in [0.29, 0.717) is 0 Å². The van der Waals surface area contributed by atoms with Crippen LogP contribution in [0.25, 0.3) is 0 Å². The molecule has 0 saturated carbocycles. The fraction of sp³-hybridized carbons (Fsp3) is 0.231. The number of hydrogen-bond donors (Lipinski definition) is 3. The second-order valence-electron chi connectivity index (χ2n) is 4.44. The van der Waals surface area contributed by atoms with Crippen LogP contribution in [0.5, 0.6) is 5.75 Å². The van der Waals surface area contributed by atoms with Crippen LogP contribution in [-0.2, 0) is 9.53 Å². The summed E-state index contributed by atoms with van der Waals surface area (Å²) in [6, 6.07) is 6.02. The maximum atomic E-state index is 11.9. The van der Waals surface area contributed by atoms with Crippen molar-refractivity contribution in [1.82, 2.24) is 5.32 Å². The minimum absolute atomic E-state index is 0.0712. The van der Waals surface area contributed by atoms with Crippen molar-refractivity contribution in [3.05, 3.63) is 41.6 Å². The third-order valence-corrected chi connectivity index (χ3v) is 3.14. The van der Waals surface area contributed by atoms with Gasteiger partial charge < -0.3 is 20.3 Å². The van der Waals surface area contributed by atoms with E-state index in [1.165, 1.54) is 12.1 Å². The molecule has 1 saturated heterocycles. The third-order valence-electron chi connectivity index (χ3n) is 3.14. The van der Waals surface area contributed by atoms with Crippen molar-refractivity contribution >= 4 is 11.7 Å². The van der Waals surface area contributed by atoms with Crippen molar-refractivity contribution in [2.45, 2.75) is 18.3 Å². The lowest BCUT2D eigenvalue weighted by Crippen LogP contribution is -2.37. The molecule has 0 bridgehead atoms. The Kier molecular flexibility index (Phi) is 2.62. The first-order valence-electron chi connectivity index (χ1n) is 5.76. The molecule has 19 heavy (non-hydrogen) atoms. The SMILES string of the molecule is O=C(NC1=CC(=O)C2O[C@H]2[C@H]1O)c1ccccc1O. The molecule has 1 unspecified atom stereocenters. The number of benzene rings is 1. The predicted molar refractivity (Wildman–Crippen MR) is 63.3 cm³/mol. The van der Waals surface area contributed by atoms with E-state index in [2.05, 4.69) is 5.32 Å². The van der Waals surface area contributed by atoms with E-state index in [9.17, 15) is 19.8 Å². The smallest absolute Gasteiger partial charge is 0.259 e. The number of para-hydroxylation sites is 1. The molecule has 98 valence electrons. The summed E-state index contributed by atoms with van der Waals surface area (Å²) in [6.45, 7) is 0. The number of aromatic hydroxyl groups is 1. The van der Waals surface area contributed by atoms with Gasteiger partial charge in [0.15, 0.2) is 5.78 Å². The number of rotatable bonds is 2. The predicted octanol–water partition coefficient (Wildman–Crippen LogP) is -0.283. The van der Waals surface area contributed by atoms with Gasteiger partial charge in [-0.2, -0.15) is 0 Å². The zero-order valence-electron chi connectivity index (χ0n) is 9.74. The summed E-state index contributed by atoms with van der Waals surface area (Å²) in [4.78, 5) is 23.4. The van der Waals surface area contributed by atoms with Gasteiger partial charge in [0.1, 0.15) is 24.1 Å². The number of ketones is 1. The third kappa shape index (κ3) is 2.00. The number of phenolic OH excluding ortho intramolecular Hbond substituents is 1. The normalized spacial score (nSPS) is 28.4. The number of carbonyl (C=O) groups is 2. The quantitative estimate of drug-likeness (QED) is 0.636. The van der Waals surface area contributed by atoms with Gasteiger partial charge in [-0.05, 0) is 12.1 Å². The van der Waals surface area contributed by atoms with Crippen molar-refractivity contribution in [2.75, 3.05) is 0 Å². The highest BCUT2D eigenvalue weighted by Crippen LogP contribution is 2.33. The van der Waals surface area contributed by atoms with Gasteiger partial charge in [0.05, 0.1) is 11.3 Å². The molecule has 6 nitrogen and oxygen atoms in total. The molecule has 1 aliphatic heterocycles. The van der Waals surface area contributed by atoms with E-state index in [0.717, 1.165) is 6.08 Å². The van der Waals surface area contributed by atoms with Crippen LogP contribution >= 0.6 is 0 Å². The fourth-order valence-electron chi connectivity index (χ4n) is 2.06. The molecule has 6 heteroatoms. The van der Waals surface area contributed by atoms with Crippen LogP contribution in [0, 0.1) is 0 Å². The molecule has 1 aromatic carbocycles. The first-order valence-corrected chi connectivity index (χ1v) is 5.76. The molecule has 1 amide bonds. The summed E-state index contributed by atoms with van der Waals surface area (Å²) in [7, 11) is 0. The van der Waals surface area contributed by atoms with E-state index in [1.54, 1.807) is 12.1 Å². The minimum atomic E-state index is -1.03. The van der Waals surface area contributed by atoms with Gasteiger partial charge in [-0.3, -0.25) is 9.59 Å². The van der Waals surface area contributed by atoms with Gasteiger partial charge in [0.2, 0.25) is 0 Å². The summed E-state index contributed by atoms with van der Waals surface area (Å²) >= 11 is 0. The Labute approximate surface area is 108 Å². The lowest BCUT2D eigenvalue weighted by molar-refractivity contribution is -0.116. The molecule has 3 N–H and O–H groups in total. The molecule has 0 radical (unpaired) electrons. The van der Waals surface area contributed by atoms with E-state index >= 15 is 0 Å². The van der Waals surface area contributed by atoms with Gasteiger partial charge >= 0.3 is 0 Å². The van der Waals surface area contributed by atoms with Gasteiger partial charge in [-0.25, -0.2) is 0 Å². The Morgan fingerprint density at radius 3 is 2.79 bits per heavy atom. The van der Waals surface area contributed by atoms with Gasteiger partial charge in [0, 0.05) is 6.08 Å². The first-order chi connectivity index (χ1) is 9.08. The zero-order chi connectivity index (χ0) is 13.6. The average Bonchev–Trinajstić information content (AvgIpc) is 3.17. The molecule has 1 aliphatic carbocycles. The number of carbonyl (C=O) groups excluding carboxylic acids is 2. The number of ether oxygens (including phenoxy) is 1. The summed E-state index contributed by atoms with van der Waals surface area (Å²) in [6.07, 6.45) is -1.02. The van der Waals surface area contributed by atoms with Crippen LogP contribution in [0.15, 0.2) is 36.0 Å². The highest BCUT2D eigenvalue weighted by Gasteiger charge is 2.53. The number of epoxide rings is 1. The van der Waals surface area contributed by atoms with Crippen LogP contribution in [0.2, 0.25) is 0 Å². The fourth-order valence-corrected chi connectivity index (χ4v) is 2.06. The summed E-state index contributed by atoms with van der Waals surface area (Å²) in [5.74, 6) is -1.03. The van der Waals surface area contributed by atoms with Gasteiger partial charge in [0.25, 0.3) is 5.91 Å². The second-order valence-corrected chi connectivity index (χ2v) is 4.44. The minimum Gasteiger partial charge on any atom is -0.507 e. The summed E-state index contributed by atoms with van der Waals surface area (Å²) < 4.78 is 4.99. The molecule has 0 spiro atoms. The Bertz CT molecular complexity index is 594.